The Kier molecular flexibility index (Phi) is 11.1. The van der Waals surface area contributed by atoms with Crippen LogP contribution in [0.15, 0.2) is 96.4 Å². The van der Waals surface area contributed by atoms with E-state index in [0.29, 0.717) is 11.4 Å². The quantitative estimate of drug-likeness (QED) is 0.222. The molecule has 1 heterocycles. The maximum atomic E-state index is 14.1. The number of alkyl carbamates (subject to hydrolysis) is 1. The van der Waals surface area contributed by atoms with E-state index >= 15 is 0 Å². The van der Waals surface area contributed by atoms with Crippen molar-refractivity contribution in [1.29, 1.82) is 0 Å². The van der Waals surface area contributed by atoms with E-state index in [2.05, 4.69) is 21.9 Å². The summed E-state index contributed by atoms with van der Waals surface area (Å²) < 4.78 is 40.2. The predicted octanol–water partition coefficient (Wildman–Crippen LogP) is 4.89. The summed E-state index contributed by atoms with van der Waals surface area (Å²) in [5, 5.41) is 5.52. The molecule has 0 bridgehead atoms. The van der Waals surface area contributed by atoms with E-state index < -0.39 is 62.9 Å². The van der Waals surface area contributed by atoms with Crippen LogP contribution in [0.25, 0.3) is 0 Å². The third kappa shape index (κ3) is 8.82. The fraction of sp³-hybridized carbons (Fsp3) is 0.385. The number of ether oxygens (including phenoxy) is 2. The summed E-state index contributed by atoms with van der Waals surface area (Å²) in [4.78, 5) is 55.8. The van der Waals surface area contributed by atoms with Gasteiger partial charge in [-0.3, -0.25) is 14.4 Å². The van der Waals surface area contributed by atoms with Crippen LogP contribution < -0.4 is 25.0 Å². The predicted molar refractivity (Wildman–Crippen MR) is 196 cm³/mol. The molecule has 1 saturated carbocycles. The van der Waals surface area contributed by atoms with Gasteiger partial charge >= 0.3 is 6.09 Å². The van der Waals surface area contributed by atoms with E-state index in [0.717, 1.165) is 11.1 Å². The molecule has 12 nitrogen and oxygen atoms in total. The van der Waals surface area contributed by atoms with Crippen LogP contribution in [0, 0.1) is 17.8 Å². The number of hydrogen-bond acceptors (Lipinski definition) is 8. The summed E-state index contributed by atoms with van der Waals surface area (Å²) in [6.07, 6.45) is 1.18. The van der Waals surface area contributed by atoms with Gasteiger partial charge in [0.1, 0.15) is 29.5 Å². The SMILES string of the molecule is C=C[C@@H]1C[C@]1(NC(=O)C1Cc2ccccc2N(C(=O)[C@@H](NC(=O)OC(C)(C)C)C(C)C)C1)C(=O)NS(=O)(=O)c1cccc(OCc2ccccc2)c1. The smallest absolute Gasteiger partial charge is 0.408 e. The van der Waals surface area contributed by atoms with E-state index in [1.807, 2.05) is 36.4 Å². The van der Waals surface area contributed by atoms with Crippen molar-refractivity contribution in [3.8, 4) is 5.75 Å². The maximum absolute atomic E-state index is 14.1. The van der Waals surface area contributed by atoms with Crippen molar-refractivity contribution in [1.82, 2.24) is 15.4 Å². The van der Waals surface area contributed by atoms with Gasteiger partial charge in [0.2, 0.25) is 11.8 Å². The molecule has 5 rings (SSSR count). The monoisotopic (exact) mass is 730 g/mol. The Morgan fingerprint density at radius 3 is 2.35 bits per heavy atom. The number of fused-ring (bicyclic) bond motifs is 1. The minimum Gasteiger partial charge on any atom is -0.489 e. The van der Waals surface area contributed by atoms with Gasteiger partial charge in [0.25, 0.3) is 15.9 Å². The lowest BCUT2D eigenvalue weighted by atomic mass is 9.90. The van der Waals surface area contributed by atoms with Gasteiger partial charge in [-0.25, -0.2) is 17.9 Å². The highest BCUT2D eigenvalue weighted by Gasteiger charge is 2.61. The molecule has 1 fully saturated rings. The number of benzene rings is 3. The molecule has 276 valence electrons. The van der Waals surface area contributed by atoms with Crippen molar-refractivity contribution in [3.05, 3.63) is 103 Å². The lowest BCUT2D eigenvalue weighted by Crippen LogP contribution is -2.57. The lowest BCUT2D eigenvalue weighted by Gasteiger charge is -2.37. The minimum absolute atomic E-state index is 0.0363. The largest absolute Gasteiger partial charge is 0.489 e. The van der Waals surface area contributed by atoms with Crippen molar-refractivity contribution in [2.24, 2.45) is 17.8 Å². The second-order valence-corrected chi connectivity index (χ2v) is 16.2. The van der Waals surface area contributed by atoms with Gasteiger partial charge in [0.05, 0.1) is 10.8 Å². The van der Waals surface area contributed by atoms with E-state index in [-0.39, 0.29) is 36.8 Å². The van der Waals surface area contributed by atoms with Crippen LogP contribution in [0.5, 0.6) is 5.75 Å². The molecule has 0 radical (unpaired) electrons. The first-order chi connectivity index (χ1) is 24.5. The summed E-state index contributed by atoms with van der Waals surface area (Å²) in [7, 11) is -4.36. The standard InChI is InChI=1S/C39H46N4O8S/c1-7-29-22-39(29,36(46)42-52(48,49)31-18-13-17-30(21-31)50-24-26-14-9-8-10-15-26)41-34(44)28-20-27-16-11-12-19-32(27)43(23-28)35(45)33(25(2)3)40-37(47)51-38(4,5)6/h7-19,21,25,28-29,33H,1,20,22-24H2,2-6H3,(H,40,47)(H,41,44)(H,42,46)/t28?,29-,33+,39-/m1/s1. The van der Waals surface area contributed by atoms with Gasteiger partial charge in [0, 0.05) is 24.2 Å². The summed E-state index contributed by atoms with van der Waals surface area (Å²) >= 11 is 0. The van der Waals surface area contributed by atoms with E-state index in [4.69, 9.17) is 9.47 Å². The molecule has 52 heavy (non-hydrogen) atoms. The van der Waals surface area contributed by atoms with Gasteiger partial charge in [-0.2, -0.15) is 0 Å². The summed E-state index contributed by atoms with van der Waals surface area (Å²) in [5.41, 5.74) is -0.0926. The number of carbonyl (C=O) groups excluding carboxylic acids is 4. The summed E-state index contributed by atoms with van der Waals surface area (Å²) in [6, 6.07) is 21.4. The molecular formula is C39H46N4O8S. The van der Waals surface area contributed by atoms with Crippen LogP contribution in [-0.4, -0.2) is 56.0 Å². The van der Waals surface area contributed by atoms with E-state index in [1.165, 1.54) is 29.2 Å². The van der Waals surface area contributed by atoms with Crippen molar-refractivity contribution >= 4 is 39.5 Å². The number of anilines is 1. The van der Waals surface area contributed by atoms with Crippen molar-refractivity contribution in [3.63, 3.8) is 0 Å². The van der Waals surface area contributed by atoms with Gasteiger partial charge in [-0.15, -0.1) is 6.58 Å². The zero-order valence-electron chi connectivity index (χ0n) is 30.0. The van der Waals surface area contributed by atoms with Crippen molar-refractivity contribution in [2.45, 2.75) is 76.1 Å². The molecule has 13 heteroatoms. The fourth-order valence-corrected chi connectivity index (χ4v) is 7.27. The molecule has 3 N–H and O–H groups in total. The number of carbonyl (C=O) groups is 4. The number of para-hydroxylation sites is 1. The zero-order chi connectivity index (χ0) is 37.8. The molecule has 1 aliphatic heterocycles. The lowest BCUT2D eigenvalue weighted by molar-refractivity contribution is -0.131. The fourth-order valence-electron chi connectivity index (χ4n) is 6.20. The van der Waals surface area contributed by atoms with E-state index in [9.17, 15) is 27.6 Å². The second-order valence-electron chi connectivity index (χ2n) is 14.5. The first-order valence-corrected chi connectivity index (χ1v) is 18.7. The van der Waals surface area contributed by atoms with Gasteiger partial charge in [-0.1, -0.05) is 74.5 Å². The average Bonchev–Trinajstić information content (AvgIpc) is 3.82. The number of sulfonamides is 1. The molecule has 0 saturated heterocycles. The van der Waals surface area contributed by atoms with Crippen LogP contribution in [0.3, 0.4) is 0 Å². The summed E-state index contributed by atoms with van der Waals surface area (Å²) in [5.74, 6) is -3.17. The van der Waals surface area contributed by atoms with Crippen molar-refractivity contribution in [2.75, 3.05) is 11.4 Å². The van der Waals surface area contributed by atoms with E-state index in [1.54, 1.807) is 58.9 Å². The van der Waals surface area contributed by atoms with Gasteiger partial charge in [0.15, 0.2) is 0 Å². The Bertz CT molecular complexity index is 1940. The Morgan fingerprint density at radius 2 is 1.69 bits per heavy atom. The van der Waals surface area contributed by atoms with Gasteiger partial charge in [-0.05, 0) is 68.9 Å². The first-order valence-electron chi connectivity index (χ1n) is 17.2. The number of amides is 4. The maximum Gasteiger partial charge on any atom is 0.408 e. The molecule has 1 aliphatic carbocycles. The van der Waals surface area contributed by atoms with Crippen LogP contribution in [0.2, 0.25) is 0 Å². The second kappa shape index (κ2) is 15.2. The number of rotatable bonds is 12. The van der Waals surface area contributed by atoms with Crippen molar-refractivity contribution < 1.29 is 37.1 Å². The molecule has 4 amide bonds. The Balaban J connectivity index is 1.31. The first kappa shape index (κ1) is 38.1. The number of nitrogens with zero attached hydrogens (tertiary/aromatic N) is 1. The van der Waals surface area contributed by atoms with Crippen LogP contribution in [-0.2, 0) is 42.2 Å². The zero-order valence-corrected chi connectivity index (χ0v) is 30.9. The van der Waals surface area contributed by atoms with Crippen LogP contribution in [0.1, 0.15) is 52.2 Å². The van der Waals surface area contributed by atoms with Crippen LogP contribution >= 0.6 is 0 Å². The molecule has 3 aromatic rings. The minimum atomic E-state index is -4.36. The normalized spacial score (nSPS) is 20.2. The highest BCUT2D eigenvalue weighted by molar-refractivity contribution is 7.90. The molecular weight excluding hydrogens is 685 g/mol. The van der Waals surface area contributed by atoms with Crippen LogP contribution in [0.4, 0.5) is 10.5 Å². The molecule has 0 aromatic heterocycles. The number of nitrogens with one attached hydrogen (secondary N) is 3. The highest BCUT2D eigenvalue weighted by Crippen LogP contribution is 2.45. The topological polar surface area (TPSA) is 160 Å². The molecule has 2 aliphatic rings. The molecule has 1 unspecified atom stereocenters. The summed E-state index contributed by atoms with van der Waals surface area (Å²) in [6.45, 7) is 12.7. The molecule has 0 spiro atoms. The Morgan fingerprint density at radius 1 is 1.00 bits per heavy atom. The third-order valence-electron chi connectivity index (χ3n) is 9.04. The average molecular weight is 731 g/mol. The molecule has 3 aromatic carbocycles. The molecule has 4 atom stereocenters. The van der Waals surface area contributed by atoms with Gasteiger partial charge < -0.3 is 25.0 Å². The number of hydrogen-bond donors (Lipinski definition) is 3. The highest BCUT2D eigenvalue weighted by atomic mass is 32.2. The third-order valence-corrected chi connectivity index (χ3v) is 10.4. The Hall–Kier alpha value is -5.17. The Labute approximate surface area is 305 Å².